The van der Waals surface area contributed by atoms with Crippen LogP contribution in [0.1, 0.15) is 78.1 Å². The van der Waals surface area contributed by atoms with E-state index in [1.807, 2.05) is 0 Å². The minimum Gasteiger partial charge on any atom is -0.298 e. The van der Waals surface area contributed by atoms with E-state index in [0.717, 1.165) is 13.0 Å². The Morgan fingerprint density at radius 1 is 0.733 bits per heavy atom. The Bertz CT molecular complexity index is 129. The summed E-state index contributed by atoms with van der Waals surface area (Å²) in [5, 5.41) is 0. The zero-order valence-electron chi connectivity index (χ0n) is 10.8. The van der Waals surface area contributed by atoms with E-state index in [1.54, 1.807) is 0 Å². The molecule has 1 nitrogen and oxygen atoms in total. The second-order valence-electron chi connectivity index (χ2n) is 4.35. The predicted octanol–water partition coefficient (Wildman–Crippen LogP) is 5.00. The maximum Gasteiger partial charge on any atom is 0.0385 e. The molecule has 0 aromatic carbocycles. The molecule has 0 aromatic rings. The van der Waals surface area contributed by atoms with Gasteiger partial charge in [0.2, 0.25) is 0 Å². The highest BCUT2D eigenvalue weighted by Crippen LogP contribution is 2.08. The smallest absolute Gasteiger partial charge is 0.0385 e. The number of unbranched alkanes of at least 4 members (excludes halogenated alkanes) is 8. The Hall–Kier alpha value is -0.330. The topological polar surface area (TPSA) is 12.4 Å². The summed E-state index contributed by atoms with van der Waals surface area (Å²) >= 11 is 0. The van der Waals surface area contributed by atoms with Crippen molar-refractivity contribution in [2.75, 3.05) is 6.54 Å². The van der Waals surface area contributed by atoms with Gasteiger partial charge in [0.15, 0.2) is 0 Å². The van der Waals surface area contributed by atoms with Crippen LogP contribution in [0.2, 0.25) is 0 Å². The molecule has 90 valence electrons. The average Bonchev–Trinajstić information content (AvgIpc) is 2.26. The molecule has 0 fully saturated rings. The van der Waals surface area contributed by atoms with Crippen LogP contribution in [-0.2, 0) is 0 Å². The maximum absolute atomic E-state index is 4.38. The van der Waals surface area contributed by atoms with Crippen LogP contribution in [0.3, 0.4) is 0 Å². The van der Waals surface area contributed by atoms with Crippen molar-refractivity contribution in [3.8, 4) is 0 Å². The van der Waals surface area contributed by atoms with Crippen LogP contribution in [0.4, 0.5) is 0 Å². The summed E-state index contributed by atoms with van der Waals surface area (Å²) in [7, 11) is 0. The summed E-state index contributed by atoms with van der Waals surface area (Å²) in [5.41, 5.74) is 0. The average molecular weight is 211 g/mol. The van der Waals surface area contributed by atoms with E-state index in [1.165, 1.54) is 57.8 Å². The summed E-state index contributed by atoms with van der Waals surface area (Å²) in [6, 6.07) is 0. The molecule has 0 saturated heterocycles. The van der Waals surface area contributed by atoms with Gasteiger partial charge in [0.25, 0.3) is 0 Å². The van der Waals surface area contributed by atoms with E-state index in [2.05, 4.69) is 25.1 Å². The lowest BCUT2D eigenvalue weighted by Crippen LogP contribution is -1.84. The van der Waals surface area contributed by atoms with Gasteiger partial charge in [-0.15, -0.1) is 0 Å². The number of hydrogen-bond acceptors (Lipinski definition) is 1. The standard InChI is InChI=1S/C14H29N/c1-3-5-7-8-9-10-11-12-14-15-13-6-4-2/h13H,3-12,14H2,1-2H3. The molecule has 15 heavy (non-hydrogen) atoms. The molecule has 0 saturated carbocycles. The highest BCUT2D eigenvalue weighted by Gasteiger charge is 1.90. The second kappa shape index (κ2) is 13.7. The molecular formula is C14H29N. The Kier molecular flexibility index (Phi) is 13.4. The van der Waals surface area contributed by atoms with Crippen LogP contribution < -0.4 is 0 Å². The van der Waals surface area contributed by atoms with Crippen molar-refractivity contribution in [3.05, 3.63) is 0 Å². The summed E-state index contributed by atoms with van der Waals surface area (Å²) < 4.78 is 0. The fourth-order valence-electron chi connectivity index (χ4n) is 1.65. The molecule has 0 radical (unpaired) electrons. The Balaban J connectivity index is 2.92. The molecule has 0 unspecified atom stereocenters. The third kappa shape index (κ3) is 13.7. The lowest BCUT2D eigenvalue weighted by molar-refractivity contribution is 0.578. The zero-order valence-corrected chi connectivity index (χ0v) is 10.8. The van der Waals surface area contributed by atoms with Gasteiger partial charge in [-0.05, 0) is 19.1 Å². The van der Waals surface area contributed by atoms with Gasteiger partial charge < -0.3 is 0 Å². The Morgan fingerprint density at radius 2 is 1.33 bits per heavy atom. The lowest BCUT2D eigenvalue weighted by atomic mass is 10.1. The molecule has 0 aliphatic heterocycles. The van der Waals surface area contributed by atoms with Crippen molar-refractivity contribution in [3.63, 3.8) is 0 Å². The van der Waals surface area contributed by atoms with Crippen molar-refractivity contribution in [1.29, 1.82) is 0 Å². The van der Waals surface area contributed by atoms with Crippen LogP contribution >= 0.6 is 0 Å². The molecule has 0 amide bonds. The normalized spacial score (nSPS) is 11.3. The fourth-order valence-corrected chi connectivity index (χ4v) is 1.65. The molecule has 0 heterocycles. The van der Waals surface area contributed by atoms with E-state index < -0.39 is 0 Å². The number of rotatable bonds is 11. The van der Waals surface area contributed by atoms with Crippen LogP contribution in [0.15, 0.2) is 4.99 Å². The Labute approximate surface area is 96.4 Å². The van der Waals surface area contributed by atoms with Gasteiger partial charge >= 0.3 is 0 Å². The summed E-state index contributed by atoms with van der Waals surface area (Å²) in [5.74, 6) is 0. The van der Waals surface area contributed by atoms with E-state index in [-0.39, 0.29) is 0 Å². The van der Waals surface area contributed by atoms with Gasteiger partial charge in [-0.1, -0.05) is 65.2 Å². The van der Waals surface area contributed by atoms with Crippen molar-refractivity contribution in [2.45, 2.75) is 78.1 Å². The summed E-state index contributed by atoms with van der Waals surface area (Å²) in [6.45, 7) is 5.52. The van der Waals surface area contributed by atoms with Crippen LogP contribution in [0.25, 0.3) is 0 Å². The zero-order chi connectivity index (χ0) is 11.2. The van der Waals surface area contributed by atoms with Gasteiger partial charge in [-0.3, -0.25) is 4.99 Å². The highest BCUT2D eigenvalue weighted by atomic mass is 14.7. The van der Waals surface area contributed by atoms with Crippen molar-refractivity contribution in [1.82, 2.24) is 0 Å². The molecule has 1 heteroatoms. The SMILES string of the molecule is CCCC=NCCCCCCCCCC. The molecule has 0 aliphatic carbocycles. The predicted molar refractivity (Wildman–Crippen MR) is 70.9 cm³/mol. The van der Waals surface area contributed by atoms with E-state index >= 15 is 0 Å². The molecular weight excluding hydrogens is 182 g/mol. The van der Waals surface area contributed by atoms with Crippen molar-refractivity contribution >= 4 is 6.21 Å². The maximum atomic E-state index is 4.38. The molecule has 0 bridgehead atoms. The van der Waals surface area contributed by atoms with E-state index in [9.17, 15) is 0 Å². The quantitative estimate of drug-likeness (QED) is 0.337. The van der Waals surface area contributed by atoms with Gasteiger partial charge in [-0.25, -0.2) is 0 Å². The first kappa shape index (κ1) is 14.7. The largest absolute Gasteiger partial charge is 0.298 e. The van der Waals surface area contributed by atoms with E-state index in [0.29, 0.717) is 0 Å². The van der Waals surface area contributed by atoms with Gasteiger partial charge in [0.1, 0.15) is 0 Å². The number of aliphatic imine (C=N–C) groups is 1. The molecule has 0 aromatic heterocycles. The third-order valence-electron chi connectivity index (χ3n) is 2.69. The van der Waals surface area contributed by atoms with E-state index in [4.69, 9.17) is 0 Å². The van der Waals surface area contributed by atoms with Crippen molar-refractivity contribution < 1.29 is 0 Å². The summed E-state index contributed by atoms with van der Waals surface area (Å²) in [4.78, 5) is 4.38. The molecule has 0 spiro atoms. The number of hydrogen-bond donors (Lipinski definition) is 0. The highest BCUT2D eigenvalue weighted by molar-refractivity contribution is 5.56. The van der Waals surface area contributed by atoms with Crippen molar-refractivity contribution in [2.24, 2.45) is 4.99 Å². The van der Waals surface area contributed by atoms with Gasteiger partial charge in [0, 0.05) is 6.54 Å². The molecule has 0 aliphatic rings. The second-order valence-corrected chi connectivity index (χ2v) is 4.35. The van der Waals surface area contributed by atoms with Crippen LogP contribution in [-0.4, -0.2) is 12.8 Å². The van der Waals surface area contributed by atoms with Crippen LogP contribution in [0.5, 0.6) is 0 Å². The van der Waals surface area contributed by atoms with Gasteiger partial charge in [0.05, 0.1) is 0 Å². The first-order valence-electron chi connectivity index (χ1n) is 6.90. The summed E-state index contributed by atoms with van der Waals surface area (Å²) in [6.07, 6.45) is 15.6. The lowest BCUT2D eigenvalue weighted by Gasteiger charge is -1.99. The molecule has 0 N–H and O–H groups in total. The van der Waals surface area contributed by atoms with Gasteiger partial charge in [-0.2, -0.15) is 0 Å². The number of nitrogens with zero attached hydrogens (tertiary/aromatic N) is 1. The third-order valence-corrected chi connectivity index (χ3v) is 2.69. The fraction of sp³-hybridized carbons (Fsp3) is 0.929. The molecule has 0 atom stereocenters. The first-order valence-corrected chi connectivity index (χ1v) is 6.90. The van der Waals surface area contributed by atoms with Crippen LogP contribution in [0, 0.1) is 0 Å². The Morgan fingerprint density at radius 3 is 1.93 bits per heavy atom. The molecule has 0 rings (SSSR count). The first-order chi connectivity index (χ1) is 7.41. The monoisotopic (exact) mass is 211 g/mol. The minimum atomic E-state index is 1.05. The minimum absolute atomic E-state index is 1.05.